The maximum Gasteiger partial charge on any atom is 0.164 e. The standard InChI is InChI=1S/C49H33N3O2/c1-2-10-30(11-3-1)32-20-23-33(24-21-32)47-50-48(36-25-22-31-12-4-5-13-34(31)28-36)52-49(51-47)40-17-9-19-44-45(40)39-16-8-15-37(46(39)54-44)35-26-27-43-41(29-35)38-14-6-7-18-42(38)53-43/h1-3,5-11,13-27,29,36H,4,12,28H2. The van der Waals surface area contributed by atoms with Crippen LogP contribution in [0.5, 0.6) is 0 Å². The lowest BCUT2D eigenvalue weighted by Gasteiger charge is -2.22. The Morgan fingerprint density at radius 2 is 1.22 bits per heavy atom. The lowest BCUT2D eigenvalue weighted by Crippen LogP contribution is -2.11. The molecule has 54 heavy (non-hydrogen) atoms. The van der Waals surface area contributed by atoms with Crippen molar-refractivity contribution in [1.29, 1.82) is 0 Å². The van der Waals surface area contributed by atoms with Gasteiger partial charge in [-0.2, -0.15) is 0 Å². The van der Waals surface area contributed by atoms with E-state index in [0.29, 0.717) is 11.6 Å². The first-order valence-corrected chi connectivity index (χ1v) is 18.6. The van der Waals surface area contributed by atoms with Crippen molar-refractivity contribution in [1.82, 2.24) is 15.0 Å². The molecule has 0 amide bonds. The van der Waals surface area contributed by atoms with Crippen molar-refractivity contribution in [2.45, 2.75) is 25.2 Å². The zero-order valence-corrected chi connectivity index (χ0v) is 29.4. The molecule has 11 rings (SSSR count). The van der Waals surface area contributed by atoms with Crippen molar-refractivity contribution in [2.24, 2.45) is 0 Å². The largest absolute Gasteiger partial charge is 0.456 e. The van der Waals surface area contributed by atoms with Gasteiger partial charge in [-0.25, -0.2) is 15.0 Å². The van der Waals surface area contributed by atoms with Crippen molar-refractivity contribution in [2.75, 3.05) is 0 Å². The van der Waals surface area contributed by atoms with E-state index in [-0.39, 0.29) is 5.92 Å². The molecule has 0 saturated heterocycles. The summed E-state index contributed by atoms with van der Waals surface area (Å²) in [5, 5.41) is 4.20. The minimum absolute atomic E-state index is 0.0383. The van der Waals surface area contributed by atoms with Gasteiger partial charge in [0, 0.05) is 44.2 Å². The van der Waals surface area contributed by atoms with E-state index in [1.807, 2.05) is 30.3 Å². The summed E-state index contributed by atoms with van der Waals surface area (Å²) in [5.41, 5.74) is 12.5. The highest BCUT2D eigenvalue weighted by Gasteiger charge is 2.24. The summed E-state index contributed by atoms with van der Waals surface area (Å²) in [6.45, 7) is 0. The van der Waals surface area contributed by atoms with Crippen molar-refractivity contribution in [3.63, 3.8) is 0 Å². The fraction of sp³-hybridized carbons (Fsp3) is 0.0816. The number of hydrogen-bond acceptors (Lipinski definition) is 5. The van der Waals surface area contributed by atoms with E-state index >= 15 is 0 Å². The van der Waals surface area contributed by atoms with E-state index in [9.17, 15) is 0 Å². The lowest BCUT2D eigenvalue weighted by atomic mass is 9.84. The zero-order valence-electron chi connectivity index (χ0n) is 29.4. The second kappa shape index (κ2) is 12.4. The Morgan fingerprint density at radius 1 is 0.500 bits per heavy atom. The highest BCUT2D eigenvalue weighted by molar-refractivity contribution is 6.15. The third kappa shape index (κ3) is 5.12. The van der Waals surface area contributed by atoms with E-state index in [1.165, 1.54) is 16.7 Å². The maximum atomic E-state index is 6.74. The fourth-order valence-corrected chi connectivity index (χ4v) is 8.24. The minimum atomic E-state index is 0.0383. The van der Waals surface area contributed by atoms with Gasteiger partial charge in [0.1, 0.15) is 28.2 Å². The topological polar surface area (TPSA) is 65.0 Å². The summed E-state index contributed by atoms with van der Waals surface area (Å²) in [4.78, 5) is 15.6. The minimum Gasteiger partial charge on any atom is -0.456 e. The summed E-state index contributed by atoms with van der Waals surface area (Å²) in [5.74, 6) is 2.11. The molecule has 0 N–H and O–H groups in total. The van der Waals surface area contributed by atoms with E-state index in [0.717, 1.165) is 96.8 Å². The monoisotopic (exact) mass is 695 g/mol. The number of nitrogens with zero attached hydrogens (tertiary/aromatic N) is 3. The second-order valence-electron chi connectivity index (χ2n) is 14.2. The molecular formula is C49H33N3O2. The second-order valence-corrected chi connectivity index (χ2v) is 14.2. The van der Waals surface area contributed by atoms with E-state index in [4.69, 9.17) is 23.8 Å². The van der Waals surface area contributed by atoms with Gasteiger partial charge >= 0.3 is 0 Å². The number of benzene rings is 6. The van der Waals surface area contributed by atoms with Crippen LogP contribution in [0.1, 0.15) is 31.0 Å². The van der Waals surface area contributed by atoms with Gasteiger partial charge in [0.05, 0.1) is 0 Å². The zero-order chi connectivity index (χ0) is 35.6. The van der Waals surface area contributed by atoms with Crippen LogP contribution in [-0.2, 0) is 0 Å². The predicted molar refractivity (Wildman–Crippen MR) is 218 cm³/mol. The van der Waals surface area contributed by atoms with Crippen LogP contribution in [-0.4, -0.2) is 15.0 Å². The molecule has 5 nitrogen and oxygen atoms in total. The van der Waals surface area contributed by atoms with Gasteiger partial charge in [-0.05, 0) is 71.4 Å². The number of allylic oxidation sites excluding steroid dienone is 6. The molecule has 256 valence electrons. The maximum absolute atomic E-state index is 6.74. The Bertz CT molecular complexity index is 3020. The molecule has 1 unspecified atom stereocenters. The smallest absolute Gasteiger partial charge is 0.164 e. The van der Waals surface area contributed by atoms with Gasteiger partial charge < -0.3 is 8.83 Å². The molecule has 2 aliphatic carbocycles. The van der Waals surface area contributed by atoms with Crippen molar-refractivity contribution >= 4 is 43.9 Å². The molecule has 2 aliphatic rings. The van der Waals surface area contributed by atoms with Crippen LogP contribution in [0.25, 0.3) is 88.9 Å². The Hall–Kier alpha value is -6.85. The van der Waals surface area contributed by atoms with E-state index in [1.54, 1.807) is 0 Å². The molecule has 0 radical (unpaired) electrons. The van der Waals surface area contributed by atoms with Crippen molar-refractivity contribution in [3.05, 3.63) is 175 Å². The highest BCUT2D eigenvalue weighted by Crippen LogP contribution is 2.42. The quantitative estimate of drug-likeness (QED) is 0.179. The summed E-state index contributed by atoms with van der Waals surface area (Å²) in [6, 6.07) is 46.1. The third-order valence-electron chi connectivity index (χ3n) is 11.0. The molecule has 0 saturated carbocycles. The molecule has 0 bridgehead atoms. The van der Waals surface area contributed by atoms with Gasteiger partial charge in [0.2, 0.25) is 0 Å². The van der Waals surface area contributed by atoms with Crippen LogP contribution >= 0.6 is 0 Å². The third-order valence-corrected chi connectivity index (χ3v) is 11.0. The van der Waals surface area contributed by atoms with Gasteiger partial charge in [0.15, 0.2) is 11.6 Å². The molecule has 0 spiro atoms. The number of para-hydroxylation sites is 2. The molecule has 3 heterocycles. The van der Waals surface area contributed by atoms with Gasteiger partial charge in [-0.3, -0.25) is 0 Å². The predicted octanol–water partition coefficient (Wildman–Crippen LogP) is 13.0. The number of fused-ring (bicyclic) bond motifs is 6. The molecule has 9 aromatic rings. The van der Waals surface area contributed by atoms with Crippen LogP contribution in [0.3, 0.4) is 0 Å². The van der Waals surface area contributed by atoms with E-state index < -0.39 is 0 Å². The highest BCUT2D eigenvalue weighted by atomic mass is 16.3. The molecular weight excluding hydrogens is 663 g/mol. The Kier molecular flexibility index (Phi) is 7.05. The average molecular weight is 696 g/mol. The molecule has 3 aromatic heterocycles. The molecule has 0 aliphatic heterocycles. The summed E-state index contributed by atoms with van der Waals surface area (Å²) in [7, 11) is 0. The van der Waals surface area contributed by atoms with Gasteiger partial charge in [-0.15, -0.1) is 0 Å². The average Bonchev–Trinajstić information content (AvgIpc) is 3.82. The van der Waals surface area contributed by atoms with Crippen LogP contribution in [0.15, 0.2) is 178 Å². The molecule has 5 heteroatoms. The van der Waals surface area contributed by atoms with Crippen molar-refractivity contribution < 1.29 is 8.83 Å². The summed E-state index contributed by atoms with van der Waals surface area (Å²) < 4.78 is 12.9. The molecule has 0 fully saturated rings. The Balaban J connectivity index is 1.07. The van der Waals surface area contributed by atoms with Crippen molar-refractivity contribution in [3.8, 4) is 45.0 Å². The van der Waals surface area contributed by atoms with E-state index in [2.05, 4.69) is 127 Å². The number of aromatic nitrogens is 3. The van der Waals surface area contributed by atoms with Gasteiger partial charge in [-0.1, -0.05) is 133 Å². The number of furan rings is 2. The first kappa shape index (κ1) is 30.7. The van der Waals surface area contributed by atoms with Crippen LogP contribution < -0.4 is 0 Å². The lowest BCUT2D eigenvalue weighted by molar-refractivity contribution is 0.668. The Morgan fingerprint density at radius 3 is 2.15 bits per heavy atom. The number of rotatable bonds is 5. The fourth-order valence-electron chi connectivity index (χ4n) is 8.24. The first-order valence-electron chi connectivity index (χ1n) is 18.6. The molecule has 6 aromatic carbocycles. The summed E-state index contributed by atoms with van der Waals surface area (Å²) in [6.07, 6.45) is 12.2. The van der Waals surface area contributed by atoms with Crippen LogP contribution in [0.4, 0.5) is 0 Å². The summed E-state index contributed by atoms with van der Waals surface area (Å²) >= 11 is 0. The van der Waals surface area contributed by atoms with Crippen LogP contribution in [0.2, 0.25) is 0 Å². The normalized spacial score (nSPS) is 15.5. The Labute approximate surface area is 311 Å². The SMILES string of the molecule is C1=CC2=C(C=CC(c3nc(-c4ccc(-c5ccccc5)cc4)nc(-c4cccc5oc6c(-c7ccc8oc9ccccc9c8c7)cccc6c45)n3)C2)CC1. The van der Waals surface area contributed by atoms with Crippen LogP contribution in [0, 0.1) is 0 Å². The molecule has 1 atom stereocenters. The first-order chi connectivity index (χ1) is 26.7. The van der Waals surface area contributed by atoms with Gasteiger partial charge in [0.25, 0.3) is 0 Å². The number of hydrogen-bond donors (Lipinski definition) is 0.